The molecule has 0 bridgehead atoms. The molecule has 1 aromatic carbocycles. The van der Waals surface area contributed by atoms with Crippen molar-refractivity contribution in [1.82, 2.24) is 0 Å². The summed E-state index contributed by atoms with van der Waals surface area (Å²) in [6.45, 7) is 0. The van der Waals surface area contributed by atoms with Crippen LogP contribution >= 0.6 is 0 Å². The second kappa shape index (κ2) is 3.10. The van der Waals surface area contributed by atoms with Gasteiger partial charge < -0.3 is 9.52 Å². The summed E-state index contributed by atoms with van der Waals surface area (Å²) < 4.78 is 5.35. The minimum absolute atomic E-state index is 0.0987. The van der Waals surface area contributed by atoms with Crippen LogP contribution in [0.15, 0.2) is 51.9 Å². The first-order chi connectivity index (χ1) is 7.77. The van der Waals surface area contributed by atoms with Gasteiger partial charge in [0.05, 0.1) is 5.56 Å². The second-order valence-electron chi connectivity index (χ2n) is 3.60. The summed E-state index contributed by atoms with van der Waals surface area (Å²) in [5.41, 5.74) is 1.45. The zero-order valence-electron chi connectivity index (χ0n) is 8.31. The fourth-order valence-corrected chi connectivity index (χ4v) is 1.89. The van der Waals surface area contributed by atoms with Crippen LogP contribution in [0.3, 0.4) is 0 Å². The Balaban J connectivity index is 2.63. The highest BCUT2D eigenvalue weighted by molar-refractivity contribution is 5.96. The summed E-state index contributed by atoms with van der Waals surface area (Å²) in [5.74, 6) is 0.0987. The highest BCUT2D eigenvalue weighted by Crippen LogP contribution is 2.34. The van der Waals surface area contributed by atoms with E-state index in [-0.39, 0.29) is 11.2 Å². The van der Waals surface area contributed by atoms with Gasteiger partial charge in [0.1, 0.15) is 17.6 Å². The molecule has 1 N–H and O–H groups in total. The molecule has 1 aromatic rings. The zero-order chi connectivity index (χ0) is 11.1. The molecule has 0 spiro atoms. The lowest BCUT2D eigenvalue weighted by molar-refractivity contribution is 0.476. The Morgan fingerprint density at radius 2 is 1.88 bits per heavy atom. The Morgan fingerprint density at radius 3 is 2.75 bits per heavy atom. The number of benzene rings is 2. The van der Waals surface area contributed by atoms with Crippen molar-refractivity contribution in [3.05, 3.63) is 52.9 Å². The zero-order valence-corrected chi connectivity index (χ0v) is 8.31. The third-order valence-electron chi connectivity index (χ3n) is 2.64. The lowest BCUT2D eigenvalue weighted by atomic mass is 10.0. The van der Waals surface area contributed by atoms with Gasteiger partial charge in [-0.3, -0.25) is 4.79 Å². The van der Waals surface area contributed by atoms with E-state index in [1.54, 1.807) is 6.07 Å². The van der Waals surface area contributed by atoms with E-state index in [0.717, 1.165) is 5.39 Å². The Hall–Kier alpha value is -2.29. The van der Waals surface area contributed by atoms with Gasteiger partial charge in [0.2, 0.25) is 0 Å². The molecule has 1 aliphatic heterocycles. The number of hydrogen-bond acceptors (Lipinski definition) is 3. The third-order valence-corrected chi connectivity index (χ3v) is 2.64. The molecular weight excluding hydrogens is 204 g/mol. The molecular formula is C13H8O3. The van der Waals surface area contributed by atoms with E-state index in [2.05, 4.69) is 0 Å². The van der Waals surface area contributed by atoms with Crippen molar-refractivity contribution >= 4 is 11.0 Å². The number of rotatable bonds is 0. The van der Waals surface area contributed by atoms with Gasteiger partial charge in [0, 0.05) is 10.9 Å². The highest BCUT2D eigenvalue weighted by atomic mass is 16.3. The molecule has 2 aliphatic rings. The lowest BCUT2D eigenvalue weighted by Crippen LogP contribution is -2.03. The largest absolute Gasteiger partial charge is 0.507 e. The van der Waals surface area contributed by atoms with Crippen molar-refractivity contribution in [1.29, 1.82) is 0 Å². The topological polar surface area (TPSA) is 50.4 Å². The van der Waals surface area contributed by atoms with Crippen LogP contribution in [0.2, 0.25) is 0 Å². The number of aromatic hydroxyl groups is 1. The van der Waals surface area contributed by atoms with Crippen LogP contribution in [0.25, 0.3) is 22.1 Å². The molecule has 0 fully saturated rings. The lowest BCUT2D eigenvalue weighted by Gasteiger charge is -2.08. The van der Waals surface area contributed by atoms with Gasteiger partial charge in [-0.25, -0.2) is 0 Å². The van der Waals surface area contributed by atoms with Crippen LogP contribution in [-0.4, -0.2) is 5.11 Å². The molecule has 3 nitrogen and oxygen atoms in total. The monoisotopic (exact) mass is 212 g/mol. The predicted octanol–water partition coefficient (Wildman–Crippen LogP) is 2.60. The van der Waals surface area contributed by atoms with Gasteiger partial charge in [0.15, 0.2) is 5.43 Å². The first kappa shape index (κ1) is 8.97. The summed E-state index contributed by atoms with van der Waals surface area (Å²) in [5, 5.41) is 10.6. The molecule has 0 unspecified atom stereocenters. The summed E-state index contributed by atoms with van der Waals surface area (Å²) in [6.07, 6.45) is 1.39. The predicted molar refractivity (Wildman–Crippen MR) is 60.8 cm³/mol. The van der Waals surface area contributed by atoms with E-state index in [1.165, 1.54) is 18.4 Å². The number of phenolic OH excluding ortho intramolecular Hbond substituents is 1. The van der Waals surface area contributed by atoms with E-state index < -0.39 is 0 Å². The minimum atomic E-state index is -0.151. The smallest absolute Gasteiger partial charge is 0.189 e. The van der Waals surface area contributed by atoms with Crippen LogP contribution in [0, 0.1) is 0 Å². The summed E-state index contributed by atoms with van der Waals surface area (Å²) in [4.78, 5) is 11.6. The molecule has 78 valence electrons. The molecule has 0 aromatic heterocycles. The second-order valence-corrected chi connectivity index (χ2v) is 3.60. The normalized spacial score (nSPS) is 11.0. The van der Waals surface area contributed by atoms with E-state index in [9.17, 15) is 9.90 Å². The fraction of sp³-hybridized carbons (Fsp3) is 0. The maximum absolute atomic E-state index is 11.6. The number of para-hydroxylation sites is 1. The molecule has 3 rings (SSSR count). The first-order valence-electron chi connectivity index (χ1n) is 4.89. The van der Waals surface area contributed by atoms with E-state index in [0.29, 0.717) is 16.7 Å². The van der Waals surface area contributed by atoms with Crippen molar-refractivity contribution in [2.24, 2.45) is 0 Å². The van der Waals surface area contributed by atoms with E-state index >= 15 is 0 Å². The number of fused-ring (bicyclic) bond motifs is 3. The van der Waals surface area contributed by atoms with E-state index in [1.807, 2.05) is 18.2 Å². The molecule has 16 heavy (non-hydrogen) atoms. The van der Waals surface area contributed by atoms with Crippen LogP contribution in [0.4, 0.5) is 0 Å². The van der Waals surface area contributed by atoms with Gasteiger partial charge in [-0.05, 0) is 18.2 Å². The number of hydrogen-bond donors (Lipinski definition) is 1. The fourth-order valence-electron chi connectivity index (χ4n) is 1.89. The summed E-state index contributed by atoms with van der Waals surface area (Å²) in [7, 11) is 0. The Kier molecular flexibility index (Phi) is 1.74. The molecule has 0 radical (unpaired) electrons. The van der Waals surface area contributed by atoms with Gasteiger partial charge in [-0.15, -0.1) is 0 Å². The van der Waals surface area contributed by atoms with Gasteiger partial charge in [0.25, 0.3) is 0 Å². The van der Waals surface area contributed by atoms with Crippen molar-refractivity contribution in [3.8, 4) is 16.9 Å². The van der Waals surface area contributed by atoms with Crippen molar-refractivity contribution in [2.45, 2.75) is 0 Å². The Morgan fingerprint density at radius 1 is 1.06 bits per heavy atom. The first-order valence-corrected chi connectivity index (χ1v) is 4.89. The quantitative estimate of drug-likeness (QED) is 0.583. The molecule has 1 aliphatic carbocycles. The van der Waals surface area contributed by atoms with Crippen LogP contribution in [0.5, 0.6) is 5.75 Å². The Bertz CT molecular complexity index is 697. The maximum Gasteiger partial charge on any atom is 0.189 e. The van der Waals surface area contributed by atoms with Gasteiger partial charge in [-0.2, -0.15) is 0 Å². The molecule has 0 saturated heterocycles. The van der Waals surface area contributed by atoms with Gasteiger partial charge >= 0.3 is 0 Å². The average molecular weight is 212 g/mol. The Labute approximate surface area is 90.9 Å². The van der Waals surface area contributed by atoms with Crippen molar-refractivity contribution < 1.29 is 9.52 Å². The van der Waals surface area contributed by atoms with Crippen molar-refractivity contribution in [2.75, 3.05) is 0 Å². The molecule has 0 saturated carbocycles. The molecule has 3 heteroatoms. The summed E-state index contributed by atoms with van der Waals surface area (Å²) >= 11 is 0. The van der Waals surface area contributed by atoms with Crippen LogP contribution in [-0.2, 0) is 0 Å². The average Bonchev–Trinajstić information content (AvgIpc) is 2.33. The molecule has 1 heterocycles. The molecule has 0 amide bonds. The van der Waals surface area contributed by atoms with Crippen molar-refractivity contribution in [3.63, 3.8) is 0 Å². The van der Waals surface area contributed by atoms with Crippen LogP contribution < -0.4 is 5.43 Å². The SMILES string of the molecule is O=c1ccc(O)c2c3ccccc3occ1-2. The maximum atomic E-state index is 11.6. The third kappa shape index (κ3) is 1.11. The summed E-state index contributed by atoms with van der Waals surface area (Å²) in [6, 6.07) is 10.1. The highest BCUT2D eigenvalue weighted by Gasteiger charge is 2.15. The number of phenols is 1. The standard InChI is InChI=1S/C13H8O3/c14-10-5-6-11(15)13-8-3-1-2-4-12(8)16-7-9(10)13/h1-7,15H. The molecule has 0 atom stereocenters. The van der Waals surface area contributed by atoms with E-state index in [4.69, 9.17) is 4.42 Å². The van der Waals surface area contributed by atoms with Gasteiger partial charge in [-0.1, -0.05) is 18.2 Å². The van der Waals surface area contributed by atoms with Crippen LogP contribution in [0.1, 0.15) is 0 Å². The minimum Gasteiger partial charge on any atom is -0.507 e.